The van der Waals surface area contributed by atoms with Gasteiger partial charge in [0.1, 0.15) is 5.60 Å². The Morgan fingerprint density at radius 3 is 1.93 bits per heavy atom. The molecular formula is C23H28N2O2. The van der Waals surface area contributed by atoms with Crippen molar-refractivity contribution in [2.24, 2.45) is 0 Å². The summed E-state index contributed by atoms with van der Waals surface area (Å²) in [6, 6.07) is 22.2. The number of carbonyl (C=O) groups excluding carboxylic acids is 1. The summed E-state index contributed by atoms with van der Waals surface area (Å²) in [4.78, 5) is 17.0. The van der Waals surface area contributed by atoms with E-state index in [1.807, 2.05) is 25.7 Å². The van der Waals surface area contributed by atoms with Crippen LogP contribution in [0.1, 0.15) is 44.4 Å². The minimum absolute atomic E-state index is 0.175. The second-order valence-corrected chi connectivity index (χ2v) is 8.60. The highest BCUT2D eigenvalue weighted by Gasteiger charge is 2.48. The lowest BCUT2D eigenvalue weighted by atomic mass is 9.96. The first-order valence-electron chi connectivity index (χ1n) is 9.77. The van der Waals surface area contributed by atoms with Crippen LogP contribution in [-0.4, -0.2) is 46.7 Å². The molecule has 4 rings (SSSR count). The number of benzene rings is 2. The average molecular weight is 364 g/mol. The summed E-state index contributed by atoms with van der Waals surface area (Å²) in [5.41, 5.74) is 2.16. The Morgan fingerprint density at radius 1 is 0.926 bits per heavy atom. The monoisotopic (exact) mass is 364 g/mol. The predicted molar refractivity (Wildman–Crippen MR) is 107 cm³/mol. The van der Waals surface area contributed by atoms with Crippen LogP contribution < -0.4 is 0 Å². The Hall–Kier alpha value is -2.33. The zero-order valence-corrected chi connectivity index (χ0v) is 16.3. The summed E-state index contributed by atoms with van der Waals surface area (Å²) in [6.45, 7) is 7.40. The molecule has 2 aromatic carbocycles. The van der Waals surface area contributed by atoms with E-state index in [2.05, 4.69) is 65.6 Å². The molecule has 27 heavy (non-hydrogen) atoms. The zero-order valence-electron chi connectivity index (χ0n) is 16.3. The predicted octanol–water partition coefficient (Wildman–Crippen LogP) is 4.47. The van der Waals surface area contributed by atoms with Crippen molar-refractivity contribution in [1.82, 2.24) is 9.80 Å². The summed E-state index contributed by atoms with van der Waals surface area (Å²) in [5, 5.41) is 0. The average Bonchev–Trinajstić information content (AvgIpc) is 3.23. The van der Waals surface area contributed by atoms with Crippen molar-refractivity contribution < 1.29 is 9.53 Å². The van der Waals surface area contributed by atoms with Crippen molar-refractivity contribution in [3.05, 3.63) is 71.8 Å². The fraction of sp³-hybridized carbons (Fsp3) is 0.435. The van der Waals surface area contributed by atoms with Gasteiger partial charge >= 0.3 is 6.09 Å². The van der Waals surface area contributed by atoms with Gasteiger partial charge in [-0.25, -0.2) is 4.79 Å². The van der Waals surface area contributed by atoms with Gasteiger partial charge in [0.25, 0.3) is 0 Å². The standard InChI is InChI=1S/C23H28N2O2/c1-23(2,3)27-22(26)25-16-19-14-20(25)15-24(19)21(17-10-6-4-7-11-17)18-12-8-5-9-13-18/h4-13,19-21H,14-16H2,1-3H3/t19-,20-/m1/s1. The van der Waals surface area contributed by atoms with Crippen LogP contribution in [-0.2, 0) is 4.74 Å². The van der Waals surface area contributed by atoms with Gasteiger partial charge < -0.3 is 9.64 Å². The molecule has 2 heterocycles. The lowest BCUT2D eigenvalue weighted by molar-refractivity contribution is 0.0105. The Bertz CT molecular complexity index is 746. The third-order valence-corrected chi connectivity index (χ3v) is 5.47. The van der Waals surface area contributed by atoms with Gasteiger partial charge in [0.2, 0.25) is 0 Å². The van der Waals surface area contributed by atoms with Crippen molar-refractivity contribution in [1.29, 1.82) is 0 Å². The van der Waals surface area contributed by atoms with Gasteiger partial charge in [-0.1, -0.05) is 60.7 Å². The molecular weight excluding hydrogens is 336 g/mol. The highest BCUT2D eigenvalue weighted by atomic mass is 16.6. The molecule has 4 heteroatoms. The quantitative estimate of drug-likeness (QED) is 0.806. The molecule has 0 aromatic heterocycles. The molecule has 4 nitrogen and oxygen atoms in total. The Balaban J connectivity index is 1.56. The molecule has 142 valence electrons. The number of ether oxygens (including phenoxy) is 1. The van der Waals surface area contributed by atoms with Crippen molar-refractivity contribution in [2.45, 2.75) is 50.9 Å². The molecule has 2 aromatic rings. The van der Waals surface area contributed by atoms with Gasteiger partial charge in [0.15, 0.2) is 0 Å². The van der Waals surface area contributed by atoms with Crippen LogP contribution in [0.3, 0.4) is 0 Å². The van der Waals surface area contributed by atoms with Gasteiger partial charge in [-0.05, 0) is 38.3 Å². The van der Waals surface area contributed by atoms with E-state index < -0.39 is 5.60 Å². The van der Waals surface area contributed by atoms with Crippen LogP contribution in [0, 0.1) is 0 Å². The molecule has 2 fully saturated rings. The van der Waals surface area contributed by atoms with Gasteiger partial charge in [0, 0.05) is 25.2 Å². The van der Waals surface area contributed by atoms with E-state index in [0.29, 0.717) is 6.04 Å². The highest BCUT2D eigenvalue weighted by Crippen LogP contribution is 2.40. The SMILES string of the molecule is CC(C)(C)OC(=O)N1C[C@H]2C[C@@H]1CN2C(c1ccccc1)c1ccccc1. The summed E-state index contributed by atoms with van der Waals surface area (Å²) < 4.78 is 5.61. The summed E-state index contributed by atoms with van der Waals surface area (Å²) in [5.74, 6) is 0. The minimum atomic E-state index is -0.449. The van der Waals surface area contributed by atoms with Gasteiger partial charge in [-0.3, -0.25) is 4.90 Å². The van der Waals surface area contributed by atoms with Crippen LogP contribution in [0.15, 0.2) is 60.7 Å². The fourth-order valence-corrected chi connectivity index (χ4v) is 4.40. The molecule has 0 unspecified atom stereocenters. The van der Waals surface area contributed by atoms with Crippen molar-refractivity contribution >= 4 is 6.09 Å². The van der Waals surface area contributed by atoms with E-state index in [9.17, 15) is 4.79 Å². The number of piperazine rings is 1. The van der Waals surface area contributed by atoms with Crippen LogP contribution in [0.25, 0.3) is 0 Å². The van der Waals surface area contributed by atoms with Crippen molar-refractivity contribution in [3.63, 3.8) is 0 Å². The maximum atomic E-state index is 12.6. The lowest BCUT2D eigenvalue weighted by Gasteiger charge is -2.39. The molecule has 2 bridgehead atoms. The number of hydrogen-bond acceptors (Lipinski definition) is 3. The molecule has 0 spiro atoms. The number of likely N-dealkylation sites (tertiary alicyclic amines) is 2. The first-order valence-corrected chi connectivity index (χ1v) is 9.77. The van der Waals surface area contributed by atoms with Crippen LogP contribution in [0.2, 0.25) is 0 Å². The van der Waals surface area contributed by atoms with Crippen LogP contribution in [0.4, 0.5) is 4.79 Å². The first-order chi connectivity index (χ1) is 12.9. The van der Waals surface area contributed by atoms with Crippen molar-refractivity contribution in [3.8, 4) is 0 Å². The summed E-state index contributed by atoms with van der Waals surface area (Å²) >= 11 is 0. The van der Waals surface area contributed by atoms with Crippen LogP contribution >= 0.6 is 0 Å². The Labute approximate surface area is 161 Å². The van der Waals surface area contributed by atoms with E-state index in [1.54, 1.807) is 0 Å². The smallest absolute Gasteiger partial charge is 0.410 e. The topological polar surface area (TPSA) is 32.8 Å². The zero-order chi connectivity index (χ0) is 19.0. The van der Waals surface area contributed by atoms with E-state index >= 15 is 0 Å². The maximum Gasteiger partial charge on any atom is 0.410 e. The number of nitrogens with zero attached hydrogens (tertiary/aromatic N) is 2. The van der Waals surface area contributed by atoms with E-state index in [4.69, 9.17) is 4.74 Å². The fourth-order valence-electron chi connectivity index (χ4n) is 4.40. The number of fused-ring (bicyclic) bond motifs is 2. The van der Waals surface area contributed by atoms with Gasteiger partial charge in [-0.15, -0.1) is 0 Å². The number of carbonyl (C=O) groups is 1. The first kappa shape index (κ1) is 18.1. The largest absolute Gasteiger partial charge is 0.444 e. The molecule has 0 radical (unpaired) electrons. The Kier molecular flexibility index (Phi) is 4.68. The third-order valence-electron chi connectivity index (χ3n) is 5.47. The number of rotatable bonds is 3. The maximum absolute atomic E-state index is 12.6. The molecule has 0 saturated carbocycles. The Morgan fingerprint density at radius 2 is 1.48 bits per heavy atom. The van der Waals surface area contributed by atoms with Gasteiger partial charge in [-0.2, -0.15) is 0 Å². The van der Waals surface area contributed by atoms with Crippen molar-refractivity contribution in [2.75, 3.05) is 13.1 Å². The summed E-state index contributed by atoms with van der Waals surface area (Å²) in [7, 11) is 0. The number of hydrogen-bond donors (Lipinski definition) is 0. The van der Waals surface area contributed by atoms with E-state index in [-0.39, 0.29) is 18.2 Å². The molecule has 0 N–H and O–H groups in total. The van der Waals surface area contributed by atoms with Gasteiger partial charge in [0.05, 0.1) is 6.04 Å². The van der Waals surface area contributed by atoms with Crippen LogP contribution in [0.5, 0.6) is 0 Å². The van der Waals surface area contributed by atoms with E-state index in [1.165, 1.54) is 11.1 Å². The minimum Gasteiger partial charge on any atom is -0.444 e. The molecule has 2 aliphatic heterocycles. The molecule has 1 amide bonds. The second kappa shape index (κ2) is 7.01. The molecule has 0 aliphatic carbocycles. The highest BCUT2D eigenvalue weighted by molar-refractivity contribution is 5.69. The molecule has 2 aliphatic rings. The molecule has 2 saturated heterocycles. The number of amides is 1. The normalized spacial score (nSPS) is 22.4. The van der Waals surface area contributed by atoms with E-state index in [0.717, 1.165) is 19.5 Å². The lowest BCUT2D eigenvalue weighted by Crippen LogP contribution is -2.51. The third kappa shape index (κ3) is 3.72. The second-order valence-electron chi connectivity index (χ2n) is 8.60. The molecule has 2 atom stereocenters. The summed E-state index contributed by atoms with van der Waals surface area (Å²) in [6.07, 6.45) is 0.848.